The van der Waals surface area contributed by atoms with Gasteiger partial charge < -0.3 is 10.8 Å². The fourth-order valence-electron chi connectivity index (χ4n) is 2.00. The molecule has 1 atom stereocenters. The Morgan fingerprint density at radius 1 is 1.41 bits per heavy atom. The average molecular weight is 239 g/mol. The van der Waals surface area contributed by atoms with E-state index in [1.54, 1.807) is 12.1 Å². The van der Waals surface area contributed by atoms with Crippen LogP contribution in [0.2, 0.25) is 0 Å². The molecule has 0 bridgehead atoms. The number of hydrogen-bond donors (Lipinski definition) is 2. The minimum absolute atomic E-state index is 0.0908. The third-order valence-electron chi connectivity index (χ3n) is 3.03. The summed E-state index contributed by atoms with van der Waals surface area (Å²) in [4.78, 5) is 11.4. The van der Waals surface area contributed by atoms with Gasteiger partial charge in [0.25, 0.3) is 0 Å². The molecular formula is C13H18FNO2. The maximum Gasteiger partial charge on any atom is 0.311 e. The van der Waals surface area contributed by atoms with Gasteiger partial charge >= 0.3 is 5.97 Å². The van der Waals surface area contributed by atoms with Gasteiger partial charge in [-0.3, -0.25) is 4.79 Å². The molecule has 0 saturated heterocycles. The SMILES string of the molecule is CCCC(CN)(Cc1ccc(F)cc1)C(=O)O. The van der Waals surface area contributed by atoms with Crippen LogP contribution in [0.5, 0.6) is 0 Å². The van der Waals surface area contributed by atoms with E-state index < -0.39 is 11.4 Å². The molecule has 0 spiro atoms. The molecule has 0 fully saturated rings. The summed E-state index contributed by atoms with van der Waals surface area (Å²) in [7, 11) is 0. The Labute approximate surface area is 100 Å². The summed E-state index contributed by atoms with van der Waals surface area (Å²) in [5.74, 6) is -1.20. The Bertz CT molecular complexity index is 378. The number of carboxylic acid groups (broad SMARTS) is 1. The van der Waals surface area contributed by atoms with Gasteiger partial charge in [-0.15, -0.1) is 0 Å². The second kappa shape index (κ2) is 5.77. The molecule has 0 aliphatic rings. The van der Waals surface area contributed by atoms with Crippen molar-refractivity contribution in [3.8, 4) is 0 Å². The summed E-state index contributed by atoms with van der Waals surface area (Å²) in [5.41, 5.74) is 5.48. The molecule has 0 aliphatic heterocycles. The first-order valence-corrected chi connectivity index (χ1v) is 5.72. The number of carboxylic acids is 1. The van der Waals surface area contributed by atoms with Gasteiger partial charge in [0.1, 0.15) is 5.82 Å². The van der Waals surface area contributed by atoms with Crippen LogP contribution in [0.3, 0.4) is 0 Å². The van der Waals surface area contributed by atoms with E-state index in [1.165, 1.54) is 12.1 Å². The standard InChI is InChI=1S/C13H18FNO2/c1-2-7-13(9-15,12(16)17)8-10-3-5-11(14)6-4-10/h3-6H,2,7-9,15H2,1H3,(H,16,17). The van der Waals surface area contributed by atoms with Gasteiger partial charge in [-0.05, 0) is 30.5 Å². The minimum atomic E-state index is -0.938. The largest absolute Gasteiger partial charge is 0.481 e. The molecule has 1 rings (SSSR count). The van der Waals surface area contributed by atoms with E-state index in [2.05, 4.69) is 0 Å². The zero-order valence-corrected chi connectivity index (χ0v) is 9.95. The monoisotopic (exact) mass is 239 g/mol. The van der Waals surface area contributed by atoms with Gasteiger partial charge in [0, 0.05) is 6.54 Å². The van der Waals surface area contributed by atoms with Crippen molar-refractivity contribution >= 4 is 5.97 Å². The summed E-state index contributed by atoms with van der Waals surface area (Å²) in [6.45, 7) is 2.02. The van der Waals surface area contributed by atoms with Crippen molar-refractivity contribution in [1.29, 1.82) is 0 Å². The second-order valence-corrected chi connectivity index (χ2v) is 4.34. The molecule has 1 unspecified atom stereocenters. The number of nitrogens with two attached hydrogens (primary N) is 1. The zero-order chi connectivity index (χ0) is 12.9. The molecule has 4 heteroatoms. The van der Waals surface area contributed by atoms with Gasteiger partial charge in [-0.2, -0.15) is 0 Å². The van der Waals surface area contributed by atoms with Crippen LogP contribution in [-0.4, -0.2) is 17.6 Å². The molecule has 0 aliphatic carbocycles. The Hall–Kier alpha value is -1.42. The van der Waals surface area contributed by atoms with E-state index in [4.69, 9.17) is 5.73 Å². The molecule has 17 heavy (non-hydrogen) atoms. The summed E-state index contributed by atoms with van der Waals surface area (Å²) in [6, 6.07) is 5.89. The molecule has 1 aromatic carbocycles. The first kappa shape index (κ1) is 13.6. The molecule has 0 heterocycles. The number of carbonyl (C=O) groups is 1. The fraction of sp³-hybridized carbons (Fsp3) is 0.462. The molecule has 0 saturated carbocycles. The summed E-state index contributed by atoms with van der Waals surface area (Å²) >= 11 is 0. The van der Waals surface area contributed by atoms with E-state index in [9.17, 15) is 14.3 Å². The van der Waals surface area contributed by atoms with Gasteiger partial charge in [-0.25, -0.2) is 4.39 Å². The van der Waals surface area contributed by atoms with E-state index >= 15 is 0 Å². The first-order valence-electron chi connectivity index (χ1n) is 5.72. The van der Waals surface area contributed by atoms with E-state index in [1.807, 2.05) is 6.92 Å². The van der Waals surface area contributed by atoms with E-state index in [0.717, 1.165) is 12.0 Å². The van der Waals surface area contributed by atoms with Crippen LogP contribution in [-0.2, 0) is 11.2 Å². The third kappa shape index (κ3) is 3.27. The van der Waals surface area contributed by atoms with Gasteiger partial charge in [-0.1, -0.05) is 25.5 Å². The normalized spacial score (nSPS) is 14.3. The average Bonchev–Trinajstić information content (AvgIpc) is 2.31. The van der Waals surface area contributed by atoms with E-state index in [-0.39, 0.29) is 12.4 Å². The van der Waals surface area contributed by atoms with Crippen molar-refractivity contribution in [1.82, 2.24) is 0 Å². The molecular weight excluding hydrogens is 221 g/mol. The molecule has 1 aromatic rings. The molecule has 3 N–H and O–H groups in total. The van der Waals surface area contributed by atoms with Crippen molar-refractivity contribution in [3.05, 3.63) is 35.6 Å². The lowest BCUT2D eigenvalue weighted by Crippen LogP contribution is -2.40. The molecule has 0 radical (unpaired) electrons. The predicted octanol–water partition coefficient (Wildman–Crippen LogP) is 2.20. The lowest BCUT2D eigenvalue weighted by molar-refractivity contribution is -0.148. The van der Waals surface area contributed by atoms with Crippen LogP contribution in [0.25, 0.3) is 0 Å². The molecule has 0 amide bonds. The smallest absolute Gasteiger partial charge is 0.311 e. The van der Waals surface area contributed by atoms with Crippen molar-refractivity contribution in [2.24, 2.45) is 11.1 Å². The highest BCUT2D eigenvalue weighted by Gasteiger charge is 2.36. The highest BCUT2D eigenvalue weighted by Crippen LogP contribution is 2.28. The first-order chi connectivity index (χ1) is 8.04. The highest BCUT2D eigenvalue weighted by atomic mass is 19.1. The molecule has 0 aromatic heterocycles. The summed E-state index contributed by atoms with van der Waals surface area (Å²) < 4.78 is 12.8. The number of aliphatic carboxylic acids is 1. The Kier molecular flexibility index (Phi) is 4.63. The topological polar surface area (TPSA) is 63.3 Å². The van der Waals surface area contributed by atoms with Gasteiger partial charge in [0.05, 0.1) is 5.41 Å². The number of halogens is 1. The predicted molar refractivity (Wildman–Crippen MR) is 64.1 cm³/mol. The van der Waals surface area contributed by atoms with Crippen molar-refractivity contribution < 1.29 is 14.3 Å². The Balaban J connectivity index is 2.92. The third-order valence-corrected chi connectivity index (χ3v) is 3.03. The van der Waals surface area contributed by atoms with Crippen LogP contribution in [0.15, 0.2) is 24.3 Å². The van der Waals surface area contributed by atoms with Crippen molar-refractivity contribution in [2.75, 3.05) is 6.54 Å². The number of benzene rings is 1. The molecule has 94 valence electrons. The lowest BCUT2D eigenvalue weighted by atomic mass is 9.78. The highest BCUT2D eigenvalue weighted by molar-refractivity contribution is 5.75. The molecule has 3 nitrogen and oxygen atoms in total. The van der Waals surface area contributed by atoms with Gasteiger partial charge in [0.2, 0.25) is 0 Å². The summed E-state index contributed by atoms with van der Waals surface area (Å²) in [5, 5.41) is 9.32. The van der Waals surface area contributed by atoms with Crippen molar-refractivity contribution in [2.45, 2.75) is 26.2 Å². The van der Waals surface area contributed by atoms with Crippen LogP contribution in [0.4, 0.5) is 4.39 Å². The number of hydrogen-bond acceptors (Lipinski definition) is 2. The minimum Gasteiger partial charge on any atom is -0.481 e. The second-order valence-electron chi connectivity index (χ2n) is 4.34. The maximum atomic E-state index is 12.8. The van der Waals surface area contributed by atoms with Crippen molar-refractivity contribution in [3.63, 3.8) is 0 Å². The summed E-state index contributed by atoms with van der Waals surface area (Å²) in [6.07, 6.45) is 1.62. The number of rotatable bonds is 6. The fourth-order valence-corrected chi connectivity index (χ4v) is 2.00. The Morgan fingerprint density at radius 3 is 2.41 bits per heavy atom. The Morgan fingerprint density at radius 2 is 2.00 bits per heavy atom. The van der Waals surface area contributed by atoms with Crippen LogP contribution >= 0.6 is 0 Å². The van der Waals surface area contributed by atoms with Gasteiger partial charge in [0.15, 0.2) is 0 Å². The maximum absolute atomic E-state index is 12.8. The van der Waals surface area contributed by atoms with Crippen LogP contribution in [0.1, 0.15) is 25.3 Å². The van der Waals surface area contributed by atoms with E-state index in [0.29, 0.717) is 12.8 Å². The quantitative estimate of drug-likeness (QED) is 0.800. The zero-order valence-electron chi connectivity index (χ0n) is 9.95. The van der Waals surface area contributed by atoms with Crippen LogP contribution < -0.4 is 5.73 Å². The van der Waals surface area contributed by atoms with Crippen LogP contribution in [0, 0.1) is 11.2 Å². The lowest BCUT2D eigenvalue weighted by Gasteiger charge is -2.27.